The predicted octanol–water partition coefficient (Wildman–Crippen LogP) is 2.17. The summed E-state index contributed by atoms with van der Waals surface area (Å²) in [5.41, 5.74) is -0.942. The molecule has 24 heavy (non-hydrogen) atoms. The topological polar surface area (TPSA) is 127 Å². The molecule has 2 aromatic rings. The summed E-state index contributed by atoms with van der Waals surface area (Å²) in [6.07, 6.45) is 2.64. The van der Waals surface area contributed by atoms with Crippen molar-refractivity contribution in [2.45, 2.75) is 26.3 Å². The molecule has 0 saturated heterocycles. The van der Waals surface area contributed by atoms with Crippen LogP contribution in [0.4, 0.5) is 11.4 Å². The normalized spacial score (nSPS) is 11.1. The van der Waals surface area contributed by atoms with E-state index in [2.05, 4.69) is 10.4 Å². The molecule has 0 aliphatic heterocycles. The molecular weight excluding hydrogens is 316 g/mol. The van der Waals surface area contributed by atoms with E-state index >= 15 is 0 Å². The standard InChI is InChI=1S/C15H16N4O5/c1-9-5-4-6-11(19(23)24)12(9)13(20)17-10-7-16-18(8-10)15(2,3)14(21)22/h4-8H,1-3H3,(H,17,20)(H,21,22). The number of aliphatic carboxylic acids is 1. The fraction of sp³-hybridized carbons (Fsp3) is 0.267. The number of nitrogens with one attached hydrogen (secondary N) is 1. The first kappa shape index (κ1) is 17.1. The highest BCUT2D eigenvalue weighted by molar-refractivity contribution is 6.08. The first-order valence-corrected chi connectivity index (χ1v) is 6.98. The zero-order valence-corrected chi connectivity index (χ0v) is 13.3. The van der Waals surface area contributed by atoms with Crippen LogP contribution >= 0.6 is 0 Å². The third-order valence-electron chi connectivity index (χ3n) is 3.61. The van der Waals surface area contributed by atoms with Crippen molar-refractivity contribution >= 4 is 23.3 Å². The van der Waals surface area contributed by atoms with Crippen LogP contribution in [0.15, 0.2) is 30.6 Å². The second kappa shape index (κ2) is 6.11. The molecule has 0 atom stereocenters. The summed E-state index contributed by atoms with van der Waals surface area (Å²) in [5, 5.41) is 26.7. The molecule has 9 nitrogen and oxygen atoms in total. The number of nitrogens with zero attached hydrogens (tertiary/aromatic N) is 3. The largest absolute Gasteiger partial charge is 0.479 e. The van der Waals surface area contributed by atoms with Crippen molar-refractivity contribution in [3.05, 3.63) is 51.8 Å². The van der Waals surface area contributed by atoms with Gasteiger partial charge in [-0.1, -0.05) is 12.1 Å². The smallest absolute Gasteiger partial charge is 0.331 e. The van der Waals surface area contributed by atoms with Crippen molar-refractivity contribution < 1.29 is 19.6 Å². The van der Waals surface area contributed by atoms with Crippen LogP contribution in [0.25, 0.3) is 0 Å². The molecule has 126 valence electrons. The van der Waals surface area contributed by atoms with Crippen molar-refractivity contribution in [2.75, 3.05) is 5.32 Å². The van der Waals surface area contributed by atoms with Gasteiger partial charge in [-0.25, -0.2) is 4.79 Å². The Balaban J connectivity index is 2.31. The van der Waals surface area contributed by atoms with Gasteiger partial charge in [-0.2, -0.15) is 5.10 Å². The van der Waals surface area contributed by atoms with Crippen molar-refractivity contribution in [3.63, 3.8) is 0 Å². The van der Waals surface area contributed by atoms with E-state index in [1.54, 1.807) is 13.0 Å². The average molecular weight is 332 g/mol. The minimum atomic E-state index is -1.29. The monoisotopic (exact) mass is 332 g/mol. The van der Waals surface area contributed by atoms with Gasteiger partial charge in [0.25, 0.3) is 11.6 Å². The average Bonchev–Trinajstić information content (AvgIpc) is 2.95. The number of hydrogen-bond acceptors (Lipinski definition) is 5. The van der Waals surface area contributed by atoms with E-state index < -0.39 is 22.3 Å². The van der Waals surface area contributed by atoms with Crippen LogP contribution in [-0.2, 0) is 10.3 Å². The number of aromatic nitrogens is 2. The fourth-order valence-corrected chi connectivity index (χ4v) is 2.08. The molecule has 0 spiro atoms. The van der Waals surface area contributed by atoms with Gasteiger partial charge in [-0.05, 0) is 26.3 Å². The Morgan fingerprint density at radius 1 is 1.38 bits per heavy atom. The Kier molecular flexibility index (Phi) is 4.36. The molecule has 0 aliphatic rings. The molecule has 1 amide bonds. The molecule has 0 aliphatic carbocycles. The minimum Gasteiger partial charge on any atom is -0.479 e. The number of benzene rings is 1. The van der Waals surface area contributed by atoms with Crippen molar-refractivity contribution in [1.29, 1.82) is 0 Å². The highest BCUT2D eigenvalue weighted by atomic mass is 16.6. The van der Waals surface area contributed by atoms with Crippen molar-refractivity contribution in [1.82, 2.24) is 9.78 Å². The van der Waals surface area contributed by atoms with Crippen LogP contribution in [0.3, 0.4) is 0 Å². The Labute approximate surface area is 137 Å². The number of carboxylic acids is 1. The van der Waals surface area contributed by atoms with Crippen molar-refractivity contribution in [3.8, 4) is 0 Å². The van der Waals surface area contributed by atoms with E-state index in [4.69, 9.17) is 0 Å². The number of carboxylic acid groups (broad SMARTS) is 1. The maximum atomic E-state index is 12.4. The van der Waals surface area contributed by atoms with Crippen LogP contribution in [0.2, 0.25) is 0 Å². The number of aryl methyl sites for hydroxylation is 1. The lowest BCUT2D eigenvalue weighted by molar-refractivity contribution is -0.385. The molecule has 0 unspecified atom stereocenters. The van der Waals surface area contributed by atoms with Gasteiger partial charge in [0.2, 0.25) is 0 Å². The van der Waals surface area contributed by atoms with Crippen molar-refractivity contribution in [2.24, 2.45) is 0 Å². The summed E-state index contributed by atoms with van der Waals surface area (Å²) in [4.78, 5) is 34.1. The maximum Gasteiger partial charge on any atom is 0.331 e. The first-order chi connectivity index (χ1) is 11.1. The van der Waals surface area contributed by atoms with Gasteiger partial charge < -0.3 is 10.4 Å². The number of nitro benzene ring substituents is 1. The summed E-state index contributed by atoms with van der Waals surface area (Å²) < 4.78 is 1.19. The zero-order chi connectivity index (χ0) is 18.1. The Morgan fingerprint density at radius 3 is 2.62 bits per heavy atom. The van der Waals surface area contributed by atoms with Crippen LogP contribution in [0.5, 0.6) is 0 Å². The summed E-state index contributed by atoms with van der Waals surface area (Å²) in [7, 11) is 0. The Morgan fingerprint density at radius 2 is 2.04 bits per heavy atom. The maximum absolute atomic E-state index is 12.4. The summed E-state index contributed by atoms with van der Waals surface area (Å²) in [6, 6.07) is 4.34. The first-order valence-electron chi connectivity index (χ1n) is 6.98. The number of rotatable bonds is 5. The molecule has 2 rings (SSSR count). The van der Waals surface area contributed by atoms with Crippen LogP contribution in [0.1, 0.15) is 29.8 Å². The van der Waals surface area contributed by atoms with Gasteiger partial charge in [0.05, 0.1) is 16.8 Å². The van der Waals surface area contributed by atoms with Gasteiger partial charge in [0.1, 0.15) is 5.56 Å². The number of anilines is 1. The summed E-state index contributed by atoms with van der Waals surface area (Å²) >= 11 is 0. The molecule has 1 aromatic heterocycles. The molecule has 0 fully saturated rings. The molecule has 2 N–H and O–H groups in total. The number of nitro groups is 1. The minimum absolute atomic E-state index is 0.0484. The number of carbonyl (C=O) groups is 2. The lowest BCUT2D eigenvalue weighted by Crippen LogP contribution is -2.35. The Hall–Kier alpha value is -3.23. The quantitative estimate of drug-likeness (QED) is 0.638. The van der Waals surface area contributed by atoms with Gasteiger partial charge in [0, 0.05) is 12.3 Å². The third-order valence-corrected chi connectivity index (χ3v) is 3.61. The summed E-state index contributed by atoms with van der Waals surface area (Å²) in [6.45, 7) is 4.51. The van der Waals surface area contributed by atoms with Crippen LogP contribution in [-0.4, -0.2) is 31.7 Å². The van der Waals surface area contributed by atoms with E-state index in [0.717, 1.165) is 0 Å². The SMILES string of the molecule is Cc1cccc([N+](=O)[O-])c1C(=O)Nc1cnn(C(C)(C)C(=O)O)c1. The van der Waals surface area contributed by atoms with Crippen LogP contribution < -0.4 is 5.32 Å². The lowest BCUT2D eigenvalue weighted by atomic mass is 10.1. The fourth-order valence-electron chi connectivity index (χ4n) is 2.08. The highest BCUT2D eigenvalue weighted by Crippen LogP contribution is 2.24. The molecule has 0 radical (unpaired) electrons. The molecule has 0 bridgehead atoms. The zero-order valence-electron chi connectivity index (χ0n) is 13.3. The molecule has 0 saturated carbocycles. The van der Waals surface area contributed by atoms with E-state index in [1.165, 1.54) is 43.1 Å². The molecular formula is C15H16N4O5. The summed E-state index contributed by atoms with van der Waals surface area (Å²) in [5.74, 6) is -1.74. The van der Waals surface area contributed by atoms with Crippen LogP contribution in [0, 0.1) is 17.0 Å². The van der Waals surface area contributed by atoms with E-state index in [0.29, 0.717) is 5.56 Å². The second-order valence-corrected chi connectivity index (χ2v) is 5.72. The van der Waals surface area contributed by atoms with E-state index in [-0.39, 0.29) is 16.9 Å². The number of amides is 1. The Bertz CT molecular complexity index is 825. The lowest BCUT2D eigenvalue weighted by Gasteiger charge is -2.19. The highest BCUT2D eigenvalue weighted by Gasteiger charge is 2.30. The predicted molar refractivity (Wildman–Crippen MR) is 85.0 cm³/mol. The molecule has 1 aromatic carbocycles. The van der Waals surface area contributed by atoms with Gasteiger partial charge in [-0.15, -0.1) is 0 Å². The third kappa shape index (κ3) is 3.09. The van der Waals surface area contributed by atoms with E-state index in [9.17, 15) is 24.8 Å². The number of hydrogen-bond donors (Lipinski definition) is 2. The molecule has 1 heterocycles. The van der Waals surface area contributed by atoms with E-state index in [1.807, 2.05) is 0 Å². The van der Waals surface area contributed by atoms with Gasteiger partial charge >= 0.3 is 5.97 Å². The van der Waals surface area contributed by atoms with Gasteiger partial charge in [-0.3, -0.25) is 19.6 Å². The second-order valence-electron chi connectivity index (χ2n) is 5.72. The van der Waals surface area contributed by atoms with Gasteiger partial charge in [0.15, 0.2) is 5.54 Å². The number of carbonyl (C=O) groups excluding carboxylic acids is 1. The molecule has 9 heteroatoms.